The molecule has 2 amide bonds. The SMILES string of the molecule is CCn1ccc2cc(NC(=O)c3ccccc3SCC(=O)NCCOC)ccc21. The zero-order chi connectivity index (χ0) is 20.6. The lowest BCUT2D eigenvalue weighted by molar-refractivity contribution is -0.118. The van der Waals surface area contributed by atoms with Crippen LogP contribution in [0.2, 0.25) is 0 Å². The summed E-state index contributed by atoms with van der Waals surface area (Å²) >= 11 is 1.34. The Morgan fingerprint density at radius 2 is 1.97 bits per heavy atom. The van der Waals surface area contributed by atoms with E-state index in [2.05, 4.69) is 22.1 Å². The van der Waals surface area contributed by atoms with Gasteiger partial charge in [-0.05, 0) is 43.3 Å². The number of carbonyl (C=O) groups excluding carboxylic acids is 2. The van der Waals surface area contributed by atoms with Gasteiger partial charge in [-0.2, -0.15) is 0 Å². The number of amides is 2. The van der Waals surface area contributed by atoms with E-state index < -0.39 is 0 Å². The Morgan fingerprint density at radius 1 is 1.14 bits per heavy atom. The molecule has 0 spiro atoms. The van der Waals surface area contributed by atoms with Gasteiger partial charge in [0.25, 0.3) is 5.91 Å². The van der Waals surface area contributed by atoms with Crippen molar-refractivity contribution in [1.29, 1.82) is 0 Å². The number of thioether (sulfide) groups is 1. The second-order valence-corrected chi connectivity index (χ2v) is 7.47. The maximum absolute atomic E-state index is 12.8. The number of nitrogens with one attached hydrogen (secondary N) is 2. The van der Waals surface area contributed by atoms with Crippen molar-refractivity contribution >= 4 is 40.2 Å². The third-order valence-corrected chi connectivity index (χ3v) is 5.56. The molecule has 1 aromatic heterocycles. The fraction of sp³-hybridized carbons (Fsp3) is 0.273. The van der Waals surface area contributed by atoms with E-state index in [1.54, 1.807) is 13.2 Å². The molecule has 0 aliphatic rings. The summed E-state index contributed by atoms with van der Waals surface area (Å²) in [6.45, 7) is 3.95. The topological polar surface area (TPSA) is 72.4 Å². The molecule has 0 aliphatic carbocycles. The van der Waals surface area contributed by atoms with Gasteiger partial charge in [0.15, 0.2) is 0 Å². The van der Waals surface area contributed by atoms with Gasteiger partial charge in [-0.1, -0.05) is 12.1 Å². The molecular formula is C22H25N3O3S. The van der Waals surface area contributed by atoms with Gasteiger partial charge in [0.2, 0.25) is 5.91 Å². The third kappa shape index (κ3) is 5.40. The molecule has 29 heavy (non-hydrogen) atoms. The number of fused-ring (bicyclic) bond motifs is 1. The van der Waals surface area contributed by atoms with E-state index in [4.69, 9.17) is 4.74 Å². The molecule has 0 aliphatic heterocycles. The highest BCUT2D eigenvalue weighted by molar-refractivity contribution is 8.00. The summed E-state index contributed by atoms with van der Waals surface area (Å²) in [6, 6.07) is 15.2. The van der Waals surface area contributed by atoms with Crippen LogP contribution in [0.15, 0.2) is 59.6 Å². The van der Waals surface area contributed by atoms with Crippen LogP contribution < -0.4 is 10.6 Å². The molecule has 0 atom stereocenters. The molecule has 0 bridgehead atoms. The molecule has 6 nitrogen and oxygen atoms in total. The van der Waals surface area contributed by atoms with Gasteiger partial charge < -0.3 is 19.9 Å². The molecule has 2 aromatic carbocycles. The van der Waals surface area contributed by atoms with Crippen molar-refractivity contribution in [3.05, 3.63) is 60.3 Å². The first kappa shape index (κ1) is 21.0. The van der Waals surface area contributed by atoms with Crippen LogP contribution >= 0.6 is 11.8 Å². The highest BCUT2D eigenvalue weighted by atomic mass is 32.2. The zero-order valence-corrected chi connectivity index (χ0v) is 17.4. The first-order valence-electron chi connectivity index (χ1n) is 9.50. The van der Waals surface area contributed by atoms with Crippen molar-refractivity contribution < 1.29 is 14.3 Å². The summed E-state index contributed by atoms with van der Waals surface area (Å²) in [6.07, 6.45) is 2.04. The van der Waals surface area contributed by atoms with Crippen LogP contribution in [0, 0.1) is 0 Å². The number of rotatable bonds is 9. The number of methoxy groups -OCH3 is 1. The molecule has 3 aromatic rings. The van der Waals surface area contributed by atoms with Gasteiger partial charge in [-0.25, -0.2) is 0 Å². The van der Waals surface area contributed by atoms with E-state index in [1.165, 1.54) is 11.8 Å². The van der Waals surface area contributed by atoms with Crippen LogP contribution in [-0.2, 0) is 16.1 Å². The number of aryl methyl sites for hydroxylation is 1. The quantitative estimate of drug-likeness (QED) is 0.415. The summed E-state index contributed by atoms with van der Waals surface area (Å²) in [7, 11) is 1.59. The van der Waals surface area contributed by atoms with E-state index in [0.29, 0.717) is 18.7 Å². The lowest BCUT2D eigenvalue weighted by atomic mass is 10.2. The number of hydrogen-bond donors (Lipinski definition) is 2. The number of hydrogen-bond acceptors (Lipinski definition) is 4. The number of nitrogens with zero attached hydrogens (tertiary/aromatic N) is 1. The molecule has 0 unspecified atom stereocenters. The maximum atomic E-state index is 12.8. The smallest absolute Gasteiger partial charge is 0.256 e. The summed E-state index contributed by atoms with van der Waals surface area (Å²) in [5.41, 5.74) is 2.43. The Kier molecular flexibility index (Phi) is 7.32. The largest absolute Gasteiger partial charge is 0.383 e. The lowest BCUT2D eigenvalue weighted by Gasteiger charge is -2.11. The molecule has 0 saturated heterocycles. The monoisotopic (exact) mass is 411 g/mol. The maximum Gasteiger partial charge on any atom is 0.256 e. The minimum absolute atomic E-state index is 0.0897. The molecule has 3 rings (SSSR count). The van der Waals surface area contributed by atoms with Crippen LogP contribution in [0.4, 0.5) is 5.69 Å². The number of carbonyl (C=O) groups is 2. The van der Waals surface area contributed by atoms with Gasteiger partial charge >= 0.3 is 0 Å². The van der Waals surface area contributed by atoms with Crippen LogP contribution in [0.3, 0.4) is 0 Å². The molecule has 7 heteroatoms. The third-order valence-electron chi connectivity index (χ3n) is 4.49. The molecule has 0 fully saturated rings. The van der Waals surface area contributed by atoms with Crippen molar-refractivity contribution in [1.82, 2.24) is 9.88 Å². The summed E-state index contributed by atoms with van der Waals surface area (Å²) < 4.78 is 7.08. The predicted octanol–water partition coefficient (Wildman–Crippen LogP) is 3.77. The van der Waals surface area contributed by atoms with E-state index in [-0.39, 0.29) is 17.6 Å². The van der Waals surface area contributed by atoms with Gasteiger partial charge in [-0.15, -0.1) is 11.8 Å². The number of benzene rings is 2. The van der Waals surface area contributed by atoms with E-state index in [9.17, 15) is 9.59 Å². The minimum Gasteiger partial charge on any atom is -0.383 e. The van der Waals surface area contributed by atoms with Gasteiger partial charge in [0, 0.05) is 47.9 Å². The molecule has 0 saturated carbocycles. The molecule has 0 radical (unpaired) electrons. The Morgan fingerprint density at radius 3 is 2.76 bits per heavy atom. The van der Waals surface area contributed by atoms with Crippen LogP contribution in [0.1, 0.15) is 17.3 Å². The zero-order valence-electron chi connectivity index (χ0n) is 16.6. The van der Waals surface area contributed by atoms with Crippen molar-refractivity contribution in [2.24, 2.45) is 0 Å². The highest BCUT2D eigenvalue weighted by Gasteiger charge is 2.13. The van der Waals surface area contributed by atoms with Gasteiger partial charge in [0.05, 0.1) is 17.9 Å². The first-order chi connectivity index (χ1) is 14.1. The Bertz CT molecular complexity index is 1000. The van der Waals surface area contributed by atoms with Crippen LogP contribution in [0.5, 0.6) is 0 Å². The molecule has 2 N–H and O–H groups in total. The van der Waals surface area contributed by atoms with Crippen molar-refractivity contribution in [3.8, 4) is 0 Å². The molecule has 1 heterocycles. The normalized spacial score (nSPS) is 10.8. The number of ether oxygens (including phenoxy) is 1. The molecule has 152 valence electrons. The van der Waals surface area contributed by atoms with Crippen LogP contribution in [0.25, 0.3) is 10.9 Å². The van der Waals surface area contributed by atoms with E-state index in [0.717, 1.165) is 28.0 Å². The Balaban J connectivity index is 1.67. The molecular weight excluding hydrogens is 386 g/mol. The number of anilines is 1. The highest BCUT2D eigenvalue weighted by Crippen LogP contribution is 2.25. The second kappa shape index (κ2) is 10.1. The predicted molar refractivity (Wildman–Crippen MR) is 118 cm³/mol. The van der Waals surface area contributed by atoms with Gasteiger partial charge in [0.1, 0.15) is 0 Å². The van der Waals surface area contributed by atoms with Crippen molar-refractivity contribution in [2.75, 3.05) is 31.3 Å². The van der Waals surface area contributed by atoms with Crippen molar-refractivity contribution in [3.63, 3.8) is 0 Å². The summed E-state index contributed by atoms with van der Waals surface area (Å²) in [4.78, 5) is 25.5. The standard InChI is InChI=1S/C22H25N3O3S/c1-3-25-12-10-16-14-17(8-9-19(16)25)24-22(27)18-6-4-5-7-20(18)29-15-21(26)23-11-13-28-2/h4-10,12,14H,3,11,13,15H2,1-2H3,(H,23,26)(H,24,27). The van der Waals surface area contributed by atoms with E-state index in [1.807, 2.05) is 48.7 Å². The second-order valence-electron chi connectivity index (χ2n) is 6.46. The summed E-state index contributed by atoms with van der Waals surface area (Å²) in [5.74, 6) is -0.0415. The minimum atomic E-state index is -0.192. The fourth-order valence-corrected chi connectivity index (χ4v) is 3.90. The average molecular weight is 412 g/mol. The van der Waals surface area contributed by atoms with Crippen LogP contribution in [-0.4, -0.2) is 42.4 Å². The van der Waals surface area contributed by atoms with Gasteiger partial charge in [-0.3, -0.25) is 9.59 Å². The fourth-order valence-electron chi connectivity index (χ4n) is 3.02. The first-order valence-corrected chi connectivity index (χ1v) is 10.5. The number of aromatic nitrogens is 1. The average Bonchev–Trinajstić information content (AvgIpc) is 3.15. The Hall–Kier alpha value is -2.77. The lowest BCUT2D eigenvalue weighted by Crippen LogP contribution is -2.28. The van der Waals surface area contributed by atoms with E-state index >= 15 is 0 Å². The van der Waals surface area contributed by atoms with Crippen molar-refractivity contribution in [2.45, 2.75) is 18.4 Å². The summed E-state index contributed by atoms with van der Waals surface area (Å²) in [5, 5.41) is 6.83. The Labute approximate surface area is 174 Å².